The first kappa shape index (κ1) is 21.9. The number of hydrogen-bond donors (Lipinski definition) is 0. The molecular weight excluding hydrogens is 685 g/mol. The van der Waals surface area contributed by atoms with Crippen molar-refractivity contribution in [2.75, 3.05) is 0 Å². The number of furan rings is 1. The minimum absolute atomic E-state index is 0.0604. The molecular formula is C51H32N4O. The zero-order valence-corrected chi connectivity index (χ0v) is 29.2. The molecule has 0 aliphatic carbocycles. The van der Waals surface area contributed by atoms with Gasteiger partial charge in [-0.15, -0.1) is 0 Å². The van der Waals surface area contributed by atoms with Gasteiger partial charge in [-0.25, -0.2) is 15.0 Å². The molecule has 0 N–H and O–H groups in total. The molecule has 0 saturated heterocycles. The van der Waals surface area contributed by atoms with Crippen LogP contribution in [0, 0.1) is 0 Å². The Bertz CT molecular complexity index is 3900. The van der Waals surface area contributed by atoms with Gasteiger partial charge < -0.3 is 8.98 Å². The highest BCUT2D eigenvalue weighted by molar-refractivity contribution is 6.12. The molecule has 5 nitrogen and oxygen atoms in total. The number of nitrogens with zero attached hydrogens (tertiary/aromatic N) is 4. The largest absolute Gasteiger partial charge is 0.456 e. The van der Waals surface area contributed by atoms with Gasteiger partial charge in [-0.1, -0.05) is 158 Å². The van der Waals surface area contributed by atoms with E-state index in [1.807, 2.05) is 97.1 Å². The third-order valence-electron chi connectivity index (χ3n) is 9.83. The van der Waals surface area contributed by atoms with Gasteiger partial charge in [-0.3, -0.25) is 0 Å². The lowest BCUT2D eigenvalue weighted by atomic mass is 10.0. The number of aromatic nitrogens is 4. The van der Waals surface area contributed by atoms with E-state index in [4.69, 9.17) is 31.7 Å². The minimum atomic E-state index is -0.703. The molecule has 8 aromatic carbocycles. The van der Waals surface area contributed by atoms with Crippen molar-refractivity contribution >= 4 is 43.7 Å². The van der Waals surface area contributed by atoms with Crippen LogP contribution >= 0.6 is 0 Å². The molecule has 0 fully saturated rings. The second kappa shape index (κ2) is 13.0. The normalized spacial score (nSPS) is 14.6. The Balaban J connectivity index is 1.11. The van der Waals surface area contributed by atoms with E-state index >= 15 is 0 Å². The van der Waals surface area contributed by atoms with E-state index in [2.05, 4.69) is 0 Å². The average Bonchev–Trinajstić information content (AvgIpc) is 3.93. The summed E-state index contributed by atoms with van der Waals surface area (Å²) in [6.45, 7) is 0. The average molecular weight is 729 g/mol. The summed E-state index contributed by atoms with van der Waals surface area (Å²) in [6.07, 6.45) is 0. The van der Waals surface area contributed by atoms with Crippen molar-refractivity contribution in [1.29, 1.82) is 0 Å². The fraction of sp³-hybridized carbons (Fsp3) is 0. The number of fused-ring (bicyclic) bond motifs is 6. The first-order valence-corrected chi connectivity index (χ1v) is 17.8. The molecule has 3 aromatic heterocycles. The van der Waals surface area contributed by atoms with Gasteiger partial charge in [0.2, 0.25) is 0 Å². The molecule has 3 heterocycles. The van der Waals surface area contributed by atoms with Crippen LogP contribution in [0.15, 0.2) is 198 Å². The maximum Gasteiger partial charge on any atom is 0.164 e. The quantitative estimate of drug-likeness (QED) is 0.171. The van der Waals surface area contributed by atoms with E-state index in [1.54, 1.807) is 24.3 Å². The lowest BCUT2D eigenvalue weighted by Crippen LogP contribution is -2.00. The predicted octanol–water partition coefficient (Wildman–Crippen LogP) is 13.2. The van der Waals surface area contributed by atoms with Crippen LogP contribution in [0.2, 0.25) is 0 Å². The summed E-state index contributed by atoms with van der Waals surface area (Å²) in [4.78, 5) is 15.0. The summed E-state index contributed by atoms with van der Waals surface area (Å²) in [5.41, 5.74) is 4.70. The van der Waals surface area contributed by atoms with Gasteiger partial charge in [-0.05, 0) is 58.6 Å². The van der Waals surface area contributed by atoms with Crippen molar-refractivity contribution in [3.05, 3.63) is 194 Å². The molecule has 0 spiro atoms. The van der Waals surface area contributed by atoms with Gasteiger partial charge in [-0.2, -0.15) is 0 Å². The van der Waals surface area contributed by atoms with E-state index < -0.39 is 78.2 Å². The number of para-hydroxylation sites is 3. The highest BCUT2D eigenvalue weighted by Gasteiger charge is 2.18. The smallest absolute Gasteiger partial charge is 0.164 e. The summed E-state index contributed by atoms with van der Waals surface area (Å²) < 4.78 is 113. The Kier molecular flexibility index (Phi) is 5.10. The Morgan fingerprint density at radius 1 is 0.411 bits per heavy atom. The molecule has 56 heavy (non-hydrogen) atoms. The Hall–Kier alpha value is -7.63. The second-order valence-electron chi connectivity index (χ2n) is 13.1. The summed E-state index contributed by atoms with van der Waals surface area (Å²) in [5, 5.41) is 1.31. The van der Waals surface area contributed by atoms with E-state index in [0.29, 0.717) is 39.8 Å². The van der Waals surface area contributed by atoms with Gasteiger partial charge in [0.15, 0.2) is 17.5 Å². The Morgan fingerprint density at radius 2 is 1.00 bits per heavy atom. The van der Waals surface area contributed by atoms with Crippen LogP contribution in [0.1, 0.15) is 16.4 Å². The maximum atomic E-state index is 9.69. The third kappa shape index (κ3) is 5.37. The van der Waals surface area contributed by atoms with Crippen molar-refractivity contribution in [2.24, 2.45) is 0 Å². The molecule has 11 aromatic rings. The summed E-state index contributed by atoms with van der Waals surface area (Å²) >= 11 is 0. The summed E-state index contributed by atoms with van der Waals surface area (Å²) in [7, 11) is 0. The number of rotatable bonds is 6. The highest BCUT2D eigenvalue weighted by atomic mass is 16.3. The highest BCUT2D eigenvalue weighted by Crippen LogP contribution is 2.38. The molecule has 0 amide bonds. The molecule has 0 bridgehead atoms. The Morgan fingerprint density at radius 3 is 1.77 bits per heavy atom. The van der Waals surface area contributed by atoms with Crippen molar-refractivity contribution in [3.8, 4) is 62.1 Å². The SMILES string of the molecule is [2H]c1c([2H])c([2H])c(-n2c3c([2H])c([2H])c([2H])c([2H])c3c3c([2H])c([2H])c(-c4ccc(-c5nc(-c6ccc(-c7ccccc7)cc6)nc(-c6cccc7oc8ccccc8c67)n5)cc4)c([2H])c32)c([2H])c1[2H]. The topological polar surface area (TPSA) is 56.7 Å². The van der Waals surface area contributed by atoms with E-state index in [1.165, 1.54) is 0 Å². The fourth-order valence-corrected chi connectivity index (χ4v) is 7.18. The Labute approximate surface area is 339 Å². The zero-order valence-electron chi connectivity index (χ0n) is 41.2. The van der Waals surface area contributed by atoms with Crippen LogP contribution in [0.3, 0.4) is 0 Å². The summed E-state index contributed by atoms with van der Waals surface area (Å²) in [6, 6.07) is 30.8. The number of hydrogen-bond acceptors (Lipinski definition) is 4. The van der Waals surface area contributed by atoms with Crippen molar-refractivity contribution in [1.82, 2.24) is 19.5 Å². The molecule has 0 aliphatic heterocycles. The van der Waals surface area contributed by atoms with Crippen LogP contribution in [-0.2, 0) is 0 Å². The van der Waals surface area contributed by atoms with Crippen molar-refractivity contribution in [2.45, 2.75) is 0 Å². The number of benzene rings is 8. The molecule has 11 rings (SSSR count). The van der Waals surface area contributed by atoms with Crippen LogP contribution in [0.5, 0.6) is 0 Å². The first-order valence-electron chi connectivity index (χ1n) is 23.8. The third-order valence-corrected chi connectivity index (χ3v) is 9.83. The first-order chi connectivity index (χ1) is 32.7. The molecule has 5 heteroatoms. The van der Waals surface area contributed by atoms with Gasteiger partial charge in [0.05, 0.1) is 27.5 Å². The monoisotopic (exact) mass is 728 g/mol. The van der Waals surface area contributed by atoms with Crippen LogP contribution < -0.4 is 0 Å². The van der Waals surface area contributed by atoms with Gasteiger partial charge in [0.1, 0.15) is 11.2 Å². The molecule has 0 radical (unpaired) electrons. The summed E-state index contributed by atoms with van der Waals surface area (Å²) in [5.74, 6) is 1.10. The molecule has 0 aliphatic rings. The van der Waals surface area contributed by atoms with Crippen molar-refractivity contribution in [3.63, 3.8) is 0 Å². The van der Waals surface area contributed by atoms with Crippen LogP contribution in [0.4, 0.5) is 0 Å². The van der Waals surface area contributed by atoms with E-state index in [0.717, 1.165) is 37.6 Å². The van der Waals surface area contributed by atoms with E-state index in [-0.39, 0.29) is 27.4 Å². The lowest BCUT2D eigenvalue weighted by Gasteiger charge is -2.11. The van der Waals surface area contributed by atoms with Crippen molar-refractivity contribution < 1.29 is 20.9 Å². The van der Waals surface area contributed by atoms with Crippen LogP contribution in [-0.4, -0.2) is 19.5 Å². The molecule has 0 atom stereocenters. The minimum Gasteiger partial charge on any atom is -0.456 e. The molecule has 0 unspecified atom stereocenters. The predicted molar refractivity (Wildman–Crippen MR) is 229 cm³/mol. The maximum absolute atomic E-state index is 9.69. The van der Waals surface area contributed by atoms with Gasteiger partial charge >= 0.3 is 0 Å². The van der Waals surface area contributed by atoms with Gasteiger partial charge in [0, 0.05) is 43.9 Å². The lowest BCUT2D eigenvalue weighted by molar-refractivity contribution is 0.669. The van der Waals surface area contributed by atoms with Gasteiger partial charge in [0.25, 0.3) is 0 Å². The molecule has 262 valence electrons. The molecule has 0 saturated carbocycles. The second-order valence-corrected chi connectivity index (χ2v) is 13.1. The standard InChI is InChI=1S/C51H32N4O/c1-3-12-33(13-4-1)34-22-26-36(27-23-34)49-52-50(54-51(53-49)43-18-11-21-47-48(43)42-17-8-10-20-46(42)56-47)37-28-24-35(25-29-37)38-30-31-41-40-16-7-9-19-44(40)55(45(41)32-38)39-14-5-2-6-15-39/h1-32H/i2D,5D,6D,7D,9D,14D,15D,16D,19D,30D,31D,32D. The zero-order chi connectivity index (χ0) is 47.4. The van der Waals surface area contributed by atoms with Crippen LogP contribution in [0.25, 0.3) is 106 Å². The van der Waals surface area contributed by atoms with E-state index in [9.17, 15) is 4.11 Å². The fourth-order valence-electron chi connectivity index (χ4n) is 7.18.